The lowest BCUT2D eigenvalue weighted by Gasteiger charge is -2.18. The SMILES string of the molecule is CC[C@H](C)c1ccc(NC(=O)COC(=O)Cc2ccc3c(c2)OCCO3)cc1. The van der Waals surface area contributed by atoms with E-state index >= 15 is 0 Å². The molecule has 1 heterocycles. The molecule has 3 rings (SSSR count). The molecule has 1 amide bonds. The van der Waals surface area contributed by atoms with Crippen molar-refractivity contribution in [2.24, 2.45) is 0 Å². The number of carbonyl (C=O) groups excluding carboxylic acids is 2. The molecule has 28 heavy (non-hydrogen) atoms. The summed E-state index contributed by atoms with van der Waals surface area (Å²) in [5.41, 5.74) is 2.65. The molecular formula is C22H25NO5. The third kappa shape index (κ3) is 5.25. The lowest BCUT2D eigenvalue weighted by atomic mass is 9.99. The van der Waals surface area contributed by atoms with Gasteiger partial charge in [0.05, 0.1) is 6.42 Å². The van der Waals surface area contributed by atoms with Crippen LogP contribution in [-0.4, -0.2) is 31.7 Å². The maximum atomic E-state index is 12.0. The second-order valence-electron chi connectivity index (χ2n) is 6.79. The Morgan fingerprint density at radius 1 is 1.07 bits per heavy atom. The molecule has 0 fully saturated rings. The number of anilines is 1. The van der Waals surface area contributed by atoms with Crippen LogP contribution in [-0.2, 0) is 20.7 Å². The van der Waals surface area contributed by atoms with Gasteiger partial charge in [-0.05, 0) is 47.7 Å². The summed E-state index contributed by atoms with van der Waals surface area (Å²) in [6.07, 6.45) is 1.12. The average Bonchev–Trinajstić information content (AvgIpc) is 2.72. The highest BCUT2D eigenvalue weighted by Gasteiger charge is 2.14. The van der Waals surface area contributed by atoms with Gasteiger partial charge in [0.2, 0.25) is 0 Å². The van der Waals surface area contributed by atoms with Gasteiger partial charge in [-0.25, -0.2) is 0 Å². The molecule has 0 aliphatic carbocycles. The van der Waals surface area contributed by atoms with Crippen LogP contribution in [0.2, 0.25) is 0 Å². The van der Waals surface area contributed by atoms with Gasteiger partial charge >= 0.3 is 5.97 Å². The quantitative estimate of drug-likeness (QED) is 0.738. The molecule has 6 nitrogen and oxygen atoms in total. The van der Waals surface area contributed by atoms with Gasteiger partial charge in [0.25, 0.3) is 5.91 Å². The van der Waals surface area contributed by atoms with Crippen LogP contribution >= 0.6 is 0 Å². The molecule has 0 saturated carbocycles. The average molecular weight is 383 g/mol. The third-order valence-corrected chi connectivity index (χ3v) is 4.70. The largest absolute Gasteiger partial charge is 0.486 e. The summed E-state index contributed by atoms with van der Waals surface area (Å²) in [5.74, 6) is 0.925. The van der Waals surface area contributed by atoms with E-state index in [1.807, 2.05) is 24.3 Å². The van der Waals surface area contributed by atoms with Crippen molar-refractivity contribution >= 4 is 17.6 Å². The Morgan fingerprint density at radius 3 is 2.50 bits per heavy atom. The number of rotatable bonds is 7. The number of hydrogen-bond acceptors (Lipinski definition) is 5. The Balaban J connectivity index is 1.46. The maximum Gasteiger partial charge on any atom is 0.310 e. The van der Waals surface area contributed by atoms with Gasteiger partial charge in [0, 0.05) is 5.69 Å². The van der Waals surface area contributed by atoms with Gasteiger partial charge in [-0.2, -0.15) is 0 Å². The van der Waals surface area contributed by atoms with Crippen molar-refractivity contribution in [3.8, 4) is 11.5 Å². The Labute approximate surface area is 164 Å². The van der Waals surface area contributed by atoms with E-state index in [4.69, 9.17) is 14.2 Å². The van der Waals surface area contributed by atoms with Crippen molar-refractivity contribution in [3.63, 3.8) is 0 Å². The molecule has 1 N–H and O–H groups in total. The van der Waals surface area contributed by atoms with E-state index in [0.29, 0.717) is 36.3 Å². The number of nitrogens with one attached hydrogen (secondary N) is 1. The number of hydrogen-bond donors (Lipinski definition) is 1. The summed E-state index contributed by atoms with van der Waals surface area (Å²) in [4.78, 5) is 24.0. The van der Waals surface area contributed by atoms with Gasteiger partial charge in [0.1, 0.15) is 13.2 Å². The highest BCUT2D eigenvalue weighted by Crippen LogP contribution is 2.30. The van der Waals surface area contributed by atoms with E-state index in [-0.39, 0.29) is 18.9 Å². The van der Waals surface area contributed by atoms with E-state index in [1.54, 1.807) is 18.2 Å². The highest BCUT2D eigenvalue weighted by atomic mass is 16.6. The molecule has 2 aromatic carbocycles. The van der Waals surface area contributed by atoms with Gasteiger partial charge in [0.15, 0.2) is 18.1 Å². The first-order valence-electron chi connectivity index (χ1n) is 9.49. The fourth-order valence-electron chi connectivity index (χ4n) is 2.89. The molecule has 0 radical (unpaired) electrons. The van der Waals surface area contributed by atoms with Crippen LogP contribution in [0.5, 0.6) is 11.5 Å². The molecule has 6 heteroatoms. The molecule has 0 bridgehead atoms. The van der Waals surface area contributed by atoms with Crippen LogP contribution in [0.3, 0.4) is 0 Å². The smallest absolute Gasteiger partial charge is 0.310 e. The maximum absolute atomic E-state index is 12.0. The summed E-state index contributed by atoms with van der Waals surface area (Å²) >= 11 is 0. The summed E-state index contributed by atoms with van der Waals surface area (Å²) in [7, 11) is 0. The monoisotopic (exact) mass is 383 g/mol. The van der Waals surface area contributed by atoms with Crippen molar-refractivity contribution < 1.29 is 23.8 Å². The summed E-state index contributed by atoms with van der Waals surface area (Å²) in [5, 5.41) is 2.73. The number of carbonyl (C=O) groups is 2. The van der Waals surface area contributed by atoms with Crippen LogP contribution in [0.1, 0.15) is 37.3 Å². The van der Waals surface area contributed by atoms with Crippen molar-refractivity contribution in [1.82, 2.24) is 0 Å². The van der Waals surface area contributed by atoms with Crippen LogP contribution < -0.4 is 14.8 Å². The molecule has 2 aromatic rings. The lowest BCUT2D eigenvalue weighted by Crippen LogP contribution is -2.21. The zero-order chi connectivity index (χ0) is 19.9. The third-order valence-electron chi connectivity index (χ3n) is 4.70. The molecule has 0 unspecified atom stereocenters. The Morgan fingerprint density at radius 2 is 1.79 bits per heavy atom. The molecule has 1 aliphatic heterocycles. The summed E-state index contributed by atoms with van der Waals surface area (Å²) in [6, 6.07) is 13.0. The van der Waals surface area contributed by atoms with E-state index in [9.17, 15) is 9.59 Å². The lowest BCUT2D eigenvalue weighted by molar-refractivity contribution is -0.146. The zero-order valence-corrected chi connectivity index (χ0v) is 16.2. The number of esters is 1. The van der Waals surface area contributed by atoms with Gasteiger partial charge in [-0.15, -0.1) is 0 Å². The number of fused-ring (bicyclic) bond motifs is 1. The van der Waals surface area contributed by atoms with Crippen LogP contribution in [0, 0.1) is 0 Å². The zero-order valence-electron chi connectivity index (χ0n) is 16.2. The predicted octanol–water partition coefficient (Wildman–Crippen LogP) is 3.70. The van der Waals surface area contributed by atoms with Gasteiger partial charge < -0.3 is 19.5 Å². The number of ether oxygens (including phenoxy) is 3. The Kier molecular flexibility index (Phi) is 6.53. The minimum Gasteiger partial charge on any atom is -0.486 e. The van der Waals surface area contributed by atoms with Gasteiger partial charge in [-0.3, -0.25) is 9.59 Å². The topological polar surface area (TPSA) is 73.9 Å². The van der Waals surface area contributed by atoms with Crippen LogP contribution in [0.15, 0.2) is 42.5 Å². The first kappa shape index (κ1) is 19.7. The summed E-state index contributed by atoms with van der Waals surface area (Å²) in [6.45, 7) is 4.98. The molecule has 1 atom stereocenters. The standard InChI is InChI=1S/C22H25NO5/c1-3-15(2)17-5-7-18(8-6-17)23-21(24)14-28-22(25)13-16-4-9-19-20(12-16)27-11-10-26-19/h4-9,12,15H,3,10-11,13-14H2,1-2H3,(H,23,24)/t15-/m0/s1. The molecular weight excluding hydrogens is 358 g/mol. The summed E-state index contributed by atoms with van der Waals surface area (Å²) < 4.78 is 16.0. The van der Waals surface area contributed by atoms with Crippen molar-refractivity contribution in [3.05, 3.63) is 53.6 Å². The van der Waals surface area contributed by atoms with Crippen molar-refractivity contribution in [2.75, 3.05) is 25.1 Å². The molecule has 0 aromatic heterocycles. The Bertz CT molecular complexity index is 831. The van der Waals surface area contributed by atoms with Crippen molar-refractivity contribution in [2.45, 2.75) is 32.6 Å². The van der Waals surface area contributed by atoms with Crippen LogP contribution in [0.4, 0.5) is 5.69 Å². The predicted molar refractivity (Wildman–Crippen MR) is 106 cm³/mol. The normalized spacial score (nSPS) is 13.5. The minimum atomic E-state index is -0.473. The van der Waals surface area contributed by atoms with E-state index in [2.05, 4.69) is 19.2 Å². The molecule has 0 saturated heterocycles. The molecule has 1 aliphatic rings. The molecule has 0 spiro atoms. The fraction of sp³-hybridized carbons (Fsp3) is 0.364. The van der Waals surface area contributed by atoms with Crippen LogP contribution in [0.25, 0.3) is 0 Å². The first-order chi connectivity index (χ1) is 13.5. The van der Waals surface area contributed by atoms with E-state index in [0.717, 1.165) is 12.0 Å². The minimum absolute atomic E-state index is 0.0630. The first-order valence-corrected chi connectivity index (χ1v) is 9.49. The second-order valence-corrected chi connectivity index (χ2v) is 6.79. The second kappa shape index (κ2) is 9.26. The van der Waals surface area contributed by atoms with Gasteiger partial charge in [-0.1, -0.05) is 32.0 Å². The fourth-order valence-corrected chi connectivity index (χ4v) is 2.89. The van der Waals surface area contributed by atoms with E-state index in [1.165, 1.54) is 5.56 Å². The highest BCUT2D eigenvalue weighted by molar-refractivity contribution is 5.92. The van der Waals surface area contributed by atoms with E-state index < -0.39 is 5.97 Å². The van der Waals surface area contributed by atoms with Crippen molar-refractivity contribution in [1.29, 1.82) is 0 Å². The number of benzene rings is 2. The number of amides is 1. The Hall–Kier alpha value is -3.02. The molecule has 148 valence electrons.